The molecule has 3 N–H and O–H groups in total. The first-order valence-electron chi connectivity index (χ1n) is 3.62. The zero-order valence-electron chi connectivity index (χ0n) is 6.70. The van der Waals surface area contributed by atoms with Crippen LogP contribution >= 0.6 is 0 Å². The Morgan fingerprint density at radius 1 is 1.69 bits per heavy atom. The molecule has 0 aromatic carbocycles. The van der Waals surface area contributed by atoms with Crippen molar-refractivity contribution in [3.63, 3.8) is 0 Å². The van der Waals surface area contributed by atoms with Gasteiger partial charge in [0.05, 0.1) is 12.6 Å². The van der Waals surface area contributed by atoms with Gasteiger partial charge >= 0.3 is 0 Å². The maximum Gasteiger partial charge on any atom is 0.137 e. The molecule has 7 heteroatoms. The Kier molecular flexibility index (Phi) is 3.27. The Bertz CT molecular complexity index is 292. The number of hydrogen-bond donors (Lipinski definition) is 3. The average molecular weight is 183 g/mol. The maximum atomic E-state index is 9.38. The molecular weight excluding hydrogens is 174 g/mol. The van der Waals surface area contributed by atoms with Crippen molar-refractivity contribution in [2.75, 3.05) is 6.54 Å². The minimum atomic E-state index is -1.15. The van der Waals surface area contributed by atoms with Gasteiger partial charge in [0.15, 0.2) is 0 Å². The molecule has 0 saturated heterocycles. The summed E-state index contributed by atoms with van der Waals surface area (Å²) in [6.07, 6.45) is 0.694. The molecule has 2 unspecified atom stereocenters. The molecule has 7 nitrogen and oxygen atoms in total. The van der Waals surface area contributed by atoms with Crippen LogP contribution in [-0.4, -0.2) is 32.8 Å². The number of aliphatic hydroxyl groups is 2. The van der Waals surface area contributed by atoms with Gasteiger partial charge in [-0.15, -0.1) is 0 Å². The molecular formula is C6H9N5O2. The number of imidazole rings is 1. The predicted octanol–water partition coefficient (Wildman–Crippen LogP) is 0.114. The highest BCUT2D eigenvalue weighted by Gasteiger charge is 2.19. The maximum absolute atomic E-state index is 9.38. The lowest BCUT2D eigenvalue weighted by Crippen LogP contribution is -2.22. The number of rotatable bonds is 4. The van der Waals surface area contributed by atoms with E-state index in [1.807, 2.05) is 0 Å². The Balaban J connectivity index is 2.57. The van der Waals surface area contributed by atoms with E-state index < -0.39 is 12.2 Å². The van der Waals surface area contributed by atoms with Crippen LogP contribution in [0.15, 0.2) is 17.5 Å². The molecule has 1 heterocycles. The molecule has 0 amide bonds. The van der Waals surface area contributed by atoms with Crippen molar-refractivity contribution in [3.05, 3.63) is 28.7 Å². The normalized spacial score (nSPS) is 14.6. The largest absolute Gasteiger partial charge is 0.390 e. The molecule has 0 saturated carbocycles. The number of nitrogens with one attached hydrogen (secondary N) is 1. The van der Waals surface area contributed by atoms with Gasteiger partial charge in [-0.25, -0.2) is 4.98 Å². The van der Waals surface area contributed by atoms with E-state index >= 15 is 0 Å². The van der Waals surface area contributed by atoms with E-state index in [-0.39, 0.29) is 12.4 Å². The average Bonchev–Trinajstić information content (AvgIpc) is 2.65. The van der Waals surface area contributed by atoms with Crippen molar-refractivity contribution in [1.29, 1.82) is 0 Å². The molecule has 0 radical (unpaired) electrons. The highest BCUT2D eigenvalue weighted by atomic mass is 16.3. The van der Waals surface area contributed by atoms with Crippen molar-refractivity contribution in [3.8, 4) is 0 Å². The summed E-state index contributed by atoms with van der Waals surface area (Å²) in [7, 11) is 0. The van der Waals surface area contributed by atoms with Gasteiger partial charge in [0.25, 0.3) is 0 Å². The van der Waals surface area contributed by atoms with Crippen molar-refractivity contribution in [2.45, 2.75) is 12.2 Å². The van der Waals surface area contributed by atoms with E-state index in [0.717, 1.165) is 0 Å². The Hall–Kier alpha value is -1.56. The second-order valence-corrected chi connectivity index (χ2v) is 2.40. The van der Waals surface area contributed by atoms with Gasteiger partial charge < -0.3 is 15.2 Å². The van der Waals surface area contributed by atoms with Crippen LogP contribution < -0.4 is 0 Å². The summed E-state index contributed by atoms with van der Waals surface area (Å²) in [6, 6.07) is 0. The summed E-state index contributed by atoms with van der Waals surface area (Å²) in [5.41, 5.74) is 7.97. The van der Waals surface area contributed by atoms with Crippen LogP contribution in [0.3, 0.4) is 0 Å². The molecule has 0 fully saturated rings. The number of hydrogen-bond acceptors (Lipinski definition) is 4. The van der Waals surface area contributed by atoms with Crippen LogP contribution in [-0.2, 0) is 0 Å². The summed E-state index contributed by atoms with van der Waals surface area (Å²) in [4.78, 5) is 8.85. The number of azide groups is 1. The lowest BCUT2D eigenvalue weighted by Gasteiger charge is -2.12. The fraction of sp³-hybridized carbons (Fsp3) is 0.500. The third kappa shape index (κ3) is 2.45. The van der Waals surface area contributed by atoms with Gasteiger partial charge in [-0.05, 0) is 5.53 Å². The first-order valence-corrected chi connectivity index (χ1v) is 3.62. The van der Waals surface area contributed by atoms with Crippen molar-refractivity contribution >= 4 is 0 Å². The number of aromatic amines is 1. The van der Waals surface area contributed by atoms with Crippen LogP contribution in [0, 0.1) is 0 Å². The van der Waals surface area contributed by atoms with Crippen molar-refractivity contribution in [1.82, 2.24) is 9.97 Å². The molecule has 1 aromatic rings. The number of aliphatic hydroxyl groups excluding tert-OH is 2. The van der Waals surface area contributed by atoms with Crippen LogP contribution in [0.1, 0.15) is 11.9 Å². The van der Waals surface area contributed by atoms with E-state index in [4.69, 9.17) is 5.53 Å². The van der Waals surface area contributed by atoms with Crippen LogP contribution in [0.4, 0.5) is 0 Å². The highest BCUT2D eigenvalue weighted by Crippen LogP contribution is 2.11. The van der Waals surface area contributed by atoms with Gasteiger partial charge in [-0.3, -0.25) is 0 Å². The first-order chi connectivity index (χ1) is 6.25. The zero-order chi connectivity index (χ0) is 9.68. The standard InChI is InChI=1S/C6H9N5O2/c7-11-10-3-4(12)5(13)6-8-1-2-9-6/h1-2,4-5,12-13H,3H2,(H,8,9). The van der Waals surface area contributed by atoms with Gasteiger partial charge in [0, 0.05) is 17.3 Å². The number of nitrogens with zero attached hydrogens (tertiary/aromatic N) is 4. The molecule has 2 atom stereocenters. The van der Waals surface area contributed by atoms with E-state index in [1.165, 1.54) is 12.4 Å². The summed E-state index contributed by atoms with van der Waals surface area (Å²) in [5.74, 6) is 0.251. The van der Waals surface area contributed by atoms with E-state index in [1.54, 1.807) is 0 Å². The summed E-state index contributed by atoms with van der Waals surface area (Å²) >= 11 is 0. The number of aromatic nitrogens is 2. The predicted molar refractivity (Wildman–Crippen MR) is 43.6 cm³/mol. The van der Waals surface area contributed by atoms with Crippen LogP contribution in [0.5, 0.6) is 0 Å². The highest BCUT2D eigenvalue weighted by molar-refractivity contribution is 4.94. The molecule has 13 heavy (non-hydrogen) atoms. The molecule has 0 spiro atoms. The topological polar surface area (TPSA) is 118 Å². The van der Waals surface area contributed by atoms with Crippen LogP contribution in [0.2, 0.25) is 0 Å². The smallest absolute Gasteiger partial charge is 0.137 e. The second-order valence-electron chi connectivity index (χ2n) is 2.40. The third-order valence-corrected chi connectivity index (χ3v) is 1.50. The van der Waals surface area contributed by atoms with Gasteiger partial charge in [-0.1, -0.05) is 5.11 Å². The number of H-pyrrole nitrogens is 1. The molecule has 1 rings (SSSR count). The summed E-state index contributed by atoms with van der Waals surface area (Å²) < 4.78 is 0. The SMILES string of the molecule is [N-]=[N+]=NCC(O)C(O)c1ncc[nH]1. The summed E-state index contributed by atoms with van der Waals surface area (Å²) in [5, 5.41) is 21.8. The van der Waals surface area contributed by atoms with Crippen molar-refractivity contribution < 1.29 is 10.2 Å². The van der Waals surface area contributed by atoms with Gasteiger partial charge in [0.2, 0.25) is 0 Å². The molecule has 1 aromatic heterocycles. The van der Waals surface area contributed by atoms with E-state index in [0.29, 0.717) is 0 Å². The molecule has 0 bridgehead atoms. The van der Waals surface area contributed by atoms with Crippen LogP contribution in [0.25, 0.3) is 10.4 Å². The lowest BCUT2D eigenvalue weighted by atomic mass is 10.2. The zero-order valence-corrected chi connectivity index (χ0v) is 6.70. The lowest BCUT2D eigenvalue weighted by molar-refractivity contribution is 0.0194. The molecule has 70 valence electrons. The quantitative estimate of drug-likeness (QED) is 0.349. The molecule has 0 aliphatic carbocycles. The van der Waals surface area contributed by atoms with Crippen molar-refractivity contribution in [2.24, 2.45) is 5.11 Å². The van der Waals surface area contributed by atoms with Gasteiger partial charge in [0.1, 0.15) is 11.9 Å². The Labute approximate surface area is 73.7 Å². The second kappa shape index (κ2) is 4.46. The molecule has 0 aliphatic rings. The monoisotopic (exact) mass is 183 g/mol. The fourth-order valence-corrected chi connectivity index (χ4v) is 0.841. The first kappa shape index (κ1) is 9.53. The van der Waals surface area contributed by atoms with E-state index in [9.17, 15) is 10.2 Å². The fourth-order valence-electron chi connectivity index (χ4n) is 0.841. The molecule has 0 aliphatic heterocycles. The van der Waals surface area contributed by atoms with Gasteiger partial charge in [-0.2, -0.15) is 0 Å². The minimum Gasteiger partial charge on any atom is -0.390 e. The Morgan fingerprint density at radius 3 is 3.00 bits per heavy atom. The third-order valence-electron chi connectivity index (χ3n) is 1.50. The summed E-state index contributed by atoms with van der Waals surface area (Å²) in [6.45, 7) is -0.182. The Morgan fingerprint density at radius 2 is 2.46 bits per heavy atom. The van der Waals surface area contributed by atoms with E-state index in [2.05, 4.69) is 20.0 Å². The minimum absolute atomic E-state index is 0.182.